The molecule has 1 aliphatic carbocycles. The summed E-state index contributed by atoms with van der Waals surface area (Å²) in [6.45, 7) is 2.88. The van der Waals surface area contributed by atoms with E-state index in [0.29, 0.717) is 11.5 Å². The molecule has 0 radical (unpaired) electrons. The van der Waals surface area contributed by atoms with Gasteiger partial charge in [-0.25, -0.2) is 4.79 Å². The molecule has 0 bridgehead atoms. The van der Waals surface area contributed by atoms with E-state index in [4.69, 9.17) is 14.2 Å². The van der Waals surface area contributed by atoms with Gasteiger partial charge in [0.2, 0.25) is 6.29 Å². The molecule has 5 atom stereocenters. The van der Waals surface area contributed by atoms with Gasteiger partial charge in [0.25, 0.3) is 0 Å². The first-order valence-corrected chi connectivity index (χ1v) is 7.52. The Balaban J connectivity index is 1.73. The van der Waals surface area contributed by atoms with Crippen LogP contribution in [0.5, 0.6) is 0 Å². The number of carbonyl (C=O) groups is 1. The summed E-state index contributed by atoms with van der Waals surface area (Å²) >= 11 is 0. The van der Waals surface area contributed by atoms with Crippen LogP contribution in [0.3, 0.4) is 0 Å². The molecule has 4 unspecified atom stereocenters. The van der Waals surface area contributed by atoms with Crippen LogP contribution in [0.1, 0.15) is 39.0 Å². The maximum absolute atomic E-state index is 11.3. The van der Waals surface area contributed by atoms with Crippen molar-refractivity contribution in [3.8, 4) is 0 Å². The van der Waals surface area contributed by atoms with Crippen molar-refractivity contribution in [3.05, 3.63) is 11.8 Å². The fourth-order valence-corrected chi connectivity index (χ4v) is 3.66. The van der Waals surface area contributed by atoms with Crippen molar-refractivity contribution in [2.24, 2.45) is 17.8 Å². The molecular formula is C15H22O5. The average molecular weight is 282 g/mol. The first-order valence-electron chi connectivity index (χ1n) is 7.52. The molecule has 0 aromatic carbocycles. The molecule has 0 amide bonds. The lowest BCUT2D eigenvalue weighted by atomic mass is 9.83. The molecule has 1 saturated heterocycles. The van der Waals surface area contributed by atoms with Gasteiger partial charge in [-0.3, -0.25) is 0 Å². The van der Waals surface area contributed by atoms with Crippen LogP contribution >= 0.6 is 0 Å². The summed E-state index contributed by atoms with van der Waals surface area (Å²) in [5.74, 6) is -0.292. The second-order valence-corrected chi connectivity index (χ2v) is 6.05. The third-order valence-corrected chi connectivity index (χ3v) is 4.77. The lowest BCUT2D eigenvalue weighted by Crippen LogP contribution is -2.40. The first-order chi connectivity index (χ1) is 9.66. The molecule has 2 aliphatic heterocycles. The van der Waals surface area contributed by atoms with Crippen LogP contribution in [-0.2, 0) is 19.0 Å². The highest BCUT2D eigenvalue weighted by atomic mass is 16.8. The second-order valence-electron chi connectivity index (χ2n) is 6.05. The van der Waals surface area contributed by atoms with E-state index in [-0.39, 0.29) is 24.4 Å². The van der Waals surface area contributed by atoms with Crippen LogP contribution in [0, 0.1) is 17.8 Å². The number of hydrogen-bond acceptors (Lipinski definition) is 4. The van der Waals surface area contributed by atoms with Crippen molar-refractivity contribution >= 4 is 5.97 Å². The van der Waals surface area contributed by atoms with Gasteiger partial charge in [0, 0.05) is 18.4 Å². The Kier molecular flexibility index (Phi) is 3.98. The minimum atomic E-state index is -0.874. The molecule has 3 rings (SSSR count). The van der Waals surface area contributed by atoms with Crippen molar-refractivity contribution in [2.45, 2.75) is 51.6 Å². The Morgan fingerprint density at radius 2 is 2.20 bits per heavy atom. The number of ether oxygens (including phenoxy) is 3. The quantitative estimate of drug-likeness (QED) is 0.861. The number of carboxylic acid groups (broad SMARTS) is 1. The van der Waals surface area contributed by atoms with Crippen LogP contribution in [-0.4, -0.2) is 30.3 Å². The van der Waals surface area contributed by atoms with Gasteiger partial charge in [-0.05, 0) is 38.0 Å². The van der Waals surface area contributed by atoms with Crippen molar-refractivity contribution in [1.29, 1.82) is 0 Å². The zero-order chi connectivity index (χ0) is 14.1. The Hall–Kier alpha value is -1.07. The van der Waals surface area contributed by atoms with Crippen molar-refractivity contribution in [3.63, 3.8) is 0 Å². The lowest BCUT2D eigenvalue weighted by Gasteiger charge is -2.37. The number of rotatable bonds is 3. The van der Waals surface area contributed by atoms with Gasteiger partial charge in [-0.15, -0.1) is 0 Å². The van der Waals surface area contributed by atoms with Crippen LogP contribution in [0.2, 0.25) is 0 Å². The van der Waals surface area contributed by atoms with Crippen molar-refractivity contribution in [2.75, 3.05) is 6.61 Å². The van der Waals surface area contributed by atoms with E-state index in [1.807, 2.05) is 0 Å². The van der Waals surface area contributed by atoms with Gasteiger partial charge in [-0.1, -0.05) is 6.92 Å². The van der Waals surface area contributed by atoms with Gasteiger partial charge < -0.3 is 19.3 Å². The Bertz CT molecular complexity index is 399. The first kappa shape index (κ1) is 13.9. The van der Waals surface area contributed by atoms with E-state index < -0.39 is 5.97 Å². The number of aliphatic carboxylic acids is 1. The lowest BCUT2D eigenvalue weighted by molar-refractivity contribution is -0.266. The highest BCUT2D eigenvalue weighted by Gasteiger charge is 2.47. The zero-order valence-electron chi connectivity index (χ0n) is 11.8. The molecular weight excluding hydrogens is 260 g/mol. The summed E-state index contributed by atoms with van der Waals surface area (Å²) < 4.78 is 17.2. The Morgan fingerprint density at radius 3 is 2.90 bits per heavy atom. The Labute approximate surface area is 118 Å². The fourth-order valence-electron chi connectivity index (χ4n) is 3.66. The molecule has 2 fully saturated rings. The normalized spacial score (nSPS) is 40.6. The maximum atomic E-state index is 11.3. The van der Waals surface area contributed by atoms with Crippen LogP contribution in [0.25, 0.3) is 0 Å². The summed E-state index contributed by atoms with van der Waals surface area (Å²) in [5, 5.41) is 9.27. The van der Waals surface area contributed by atoms with Gasteiger partial charge in [0.1, 0.15) is 0 Å². The Morgan fingerprint density at radius 1 is 1.35 bits per heavy atom. The molecule has 2 heterocycles. The monoisotopic (exact) mass is 282 g/mol. The van der Waals surface area contributed by atoms with Gasteiger partial charge >= 0.3 is 5.97 Å². The second kappa shape index (κ2) is 5.74. The molecule has 5 heteroatoms. The predicted octanol–water partition coefficient (Wildman–Crippen LogP) is 2.52. The van der Waals surface area contributed by atoms with E-state index in [1.54, 1.807) is 0 Å². The van der Waals surface area contributed by atoms with E-state index in [2.05, 4.69) is 6.92 Å². The molecule has 0 spiro atoms. The van der Waals surface area contributed by atoms with E-state index in [1.165, 1.54) is 6.26 Å². The number of hydrogen-bond donors (Lipinski definition) is 1. The van der Waals surface area contributed by atoms with Crippen molar-refractivity contribution in [1.82, 2.24) is 0 Å². The minimum Gasteiger partial charge on any atom is -0.478 e. The minimum absolute atomic E-state index is 0.0461. The molecule has 112 valence electrons. The summed E-state index contributed by atoms with van der Waals surface area (Å²) in [6.07, 6.45) is 5.81. The molecule has 0 aromatic heterocycles. The largest absolute Gasteiger partial charge is 0.478 e. The molecule has 0 aromatic rings. The molecule has 5 nitrogen and oxygen atoms in total. The van der Waals surface area contributed by atoms with Gasteiger partial charge in [-0.2, -0.15) is 0 Å². The number of fused-ring (bicyclic) bond motifs is 1. The summed E-state index contributed by atoms with van der Waals surface area (Å²) in [5.41, 5.74) is 0.392. The van der Waals surface area contributed by atoms with Gasteiger partial charge in [0.05, 0.1) is 11.8 Å². The topological polar surface area (TPSA) is 65.0 Å². The number of carboxylic acids is 1. The zero-order valence-corrected chi connectivity index (χ0v) is 11.8. The average Bonchev–Trinajstić information content (AvgIpc) is 2.83. The van der Waals surface area contributed by atoms with E-state index >= 15 is 0 Å². The van der Waals surface area contributed by atoms with Crippen LogP contribution in [0.4, 0.5) is 0 Å². The third-order valence-electron chi connectivity index (χ3n) is 4.77. The highest BCUT2D eigenvalue weighted by molar-refractivity contribution is 5.87. The SMILES string of the molecule is CC1CCC2C(C(=O)O)=COC(OC3CCCCO3)[C@H]12. The molecule has 20 heavy (non-hydrogen) atoms. The van der Waals surface area contributed by atoms with Gasteiger partial charge in [0.15, 0.2) is 6.29 Å². The van der Waals surface area contributed by atoms with E-state index in [0.717, 1.165) is 38.7 Å². The molecule has 1 saturated carbocycles. The van der Waals surface area contributed by atoms with Crippen LogP contribution in [0.15, 0.2) is 11.8 Å². The maximum Gasteiger partial charge on any atom is 0.334 e. The third kappa shape index (κ3) is 2.56. The smallest absolute Gasteiger partial charge is 0.334 e. The fraction of sp³-hybridized carbons (Fsp3) is 0.800. The predicted molar refractivity (Wildman–Crippen MR) is 70.6 cm³/mol. The van der Waals surface area contributed by atoms with Crippen molar-refractivity contribution < 1.29 is 24.1 Å². The molecule has 3 aliphatic rings. The summed E-state index contributed by atoms with van der Waals surface area (Å²) in [6, 6.07) is 0. The highest BCUT2D eigenvalue weighted by Crippen LogP contribution is 2.47. The van der Waals surface area contributed by atoms with E-state index in [9.17, 15) is 9.90 Å². The summed E-state index contributed by atoms with van der Waals surface area (Å²) in [7, 11) is 0. The molecule has 1 N–H and O–H groups in total. The van der Waals surface area contributed by atoms with Crippen LogP contribution < -0.4 is 0 Å². The standard InChI is InChI=1S/C15H22O5/c1-9-5-6-10-11(14(16)17)8-19-15(13(9)10)20-12-4-2-3-7-18-12/h8-10,12-13,15H,2-7H2,1H3,(H,16,17)/t9?,10?,12?,13-,15?/m1/s1. The summed E-state index contributed by atoms with van der Waals surface area (Å²) in [4.78, 5) is 11.3.